The molecule has 0 spiro atoms. The maximum Gasteiger partial charge on any atom is 0.159 e. The Balaban J connectivity index is 1.41. The first-order valence-corrected chi connectivity index (χ1v) is 14.1. The van der Waals surface area contributed by atoms with Crippen molar-refractivity contribution in [3.8, 4) is 34.0 Å². The van der Waals surface area contributed by atoms with Crippen LogP contribution in [0.25, 0.3) is 22.5 Å². The van der Waals surface area contributed by atoms with Crippen molar-refractivity contribution in [1.29, 1.82) is 0 Å². The van der Waals surface area contributed by atoms with Crippen molar-refractivity contribution in [3.05, 3.63) is 60.9 Å². The number of hydrogen-bond acceptors (Lipinski definition) is 4. The molecule has 2 aromatic carbocycles. The van der Waals surface area contributed by atoms with Gasteiger partial charge in [-0.3, -0.25) is 0 Å². The number of ether oxygens (including phenoxy) is 2. The number of unbranched alkanes of at least 4 members (excludes halogenated alkanes) is 8. The van der Waals surface area contributed by atoms with Crippen LogP contribution in [0.15, 0.2) is 60.9 Å². The highest BCUT2D eigenvalue weighted by molar-refractivity contribution is 5.64. The minimum absolute atomic E-state index is 0.0974. The monoisotopic (exact) mass is 506 g/mol. The summed E-state index contributed by atoms with van der Waals surface area (Å²) in [5.41, 5.74) is 2.87. The molecule has 3 aromatic rings. The predicted octanol–water partition coefficient (Wildman–Crippen LogP) is 9.24. The predicted molar refractivity (Wildman–Crippen MR) is 151 cm³/mol. The van der Waals surface area contributed by atoms with Gasteiger partial charge in [-0.15, -0.1) is 0 Å². The molecule has 0 amide bonds. The maximum atomic E-state index is 13.8. The van der Waals surface area contributed by atoms with Gasteiger partial charge in [0.15, 0.2) is 5.82 Å². The van der Waals surface area contributed by atoms with E-state index in [4.69, 9.17) is 9.47 Å². The molecular weight excluding hydrogens is 463 g/mol. The van der Waals surface area contributed by atoms with Crippen molar-refractivity contribution in [2.24, 2.45) is 0 Å². The summed E-state index contributed by atoms with van der Waals surface area (Å²) >= 11 is 0. The van der Waals surface area contributed by atoms with E-state index in [9.17, 15) is 4.39 Å². The number of benzene rings is 2. The number of aromatic nitrogens is 2. The van der Waals surface area contributed by atoms with Crippen LogP contribution in [-0.4, -0.2) is 29.4 Å². The molecule has 0 aliphatic heterocycles. The van der Waals surface area contributed by atoms with Crippen molar-refractivity contribution in [2.75, 3.05) is 13.2 Å². The van der Waals surface area contributed by atoms with E-state index in [1.165, 1.54) is 44.9 Å². The van der Waals surface area contributed by atoms with Crippen LogP contribution in [0.1, 0.15) is 84.5 Å². The molecule has 0 aliphatic carbocycles. The minimum atomic E-state index is -0.920. The molecule has 200 valence electrons. The smallest absolute Gasteiger partial charge is 0.159 e. The Morgan fingerprint density at radius 3 is 1.78 bits per heavy atom. The van der Waals surface area contributed by atoms with Gasteiger partial charge in [-0.2, -0.15) is 0 Å². The summed E-state index contributed by atoms with van der Waals surface area (Å²) in [5, 5.41) is 0. The molecule has 4 nitrogen and oxygen atoms in total. The third kappa shape index (κ3) is 10.5. The zero-order valence-corrected chi connectivity index (χ0v) is 22.6. The van der Waals surface area contributed by atoms with Gasteiger partial charge in [0.05, 0.1) is 6.61 Å². The molecule has 1 aromatic heterocycles. The first-order valence-electron chi connectivity index (χ1n) is 14.1. The summed E-state index contributed by atoms with van der Waals surface area (Å²) in [6.07, 6.45) is 15.5. The second kappa shape index (κ2) is 16.7. The average Bonchev–Trinajstić information content (AvgIpc) is 2.95. The fourth-order valence-corrected chi connectivity index (χ4v) is 4.19. The van der Waals surface area contributed by atoms with Gasteiger partial charge in [0.25, 0.3) is 0 Å². The molecule has 0 saturated heterocycles. The highest BCUT2D eigenvalue weighted by atomic mass is 19.1. The van der Waals surface area contributed by atoms with E-state index in [1.54, 1.807) is 0 Å². The number of rotatable bonds is 18. The third-order valence-corrected chi connectivity index (χ3v) is 6.52. The largest absolute Gasteiger partial charge is 0.494 e. The fourth-order valence-electron chi connectivity index (χ4n) is 4.19. The second-order valence-electron chi connectivity index (χ2n) is 9.72. The molecule has 0 bridgehead atoms. The number of alkyl halides is 1. The van der Waals surface area contributed by atoms with E-state index in [1.807, 2.05) is 60.9 Å². The molecule has 5 heteroatoms. The van der Waals surface area contributed by atoms with Gasteiger partial charge >= 0.3 is 0 Å². The normalized spacial score (nSPS) is 11.9. The van der Waals surface area contributed by atoms with E-state index < -0.39 is 6.17 Å². The SMILES string of the molecule is CCCCCCCCCCOc1ccc(-c2ncc(-c3ccc(OCC(F)CCCC)cc3)cn2)cc1. The number of hydrogen-bond donors (Lipinski definition) is 0. The van der Waals surface area contributed by atoms with Crippen LogP contribution in [0.4, 0.5) is 4.39 Å². The average molecular weight is 507 g/mol. The minimum Gasteiger partial charge on any atom is -0.494 e. The Morgan fingerprint density at radius 1 is 0.622 bits per heavy atom. The van der Waals surface area contributed by atoms with E-state index in [0.717, 1.165) is 48.3 Å². The van der Waals surface area contributed by atoms with Gasteiger partial charge in [0.1, 0.15) is 24.3 Å². The second-order valence-corrected chi connectivity index (χ2v) is 9.72. The third-order valence-electron chi connectivity index (χ3n) is 6.52. The molecule has 0 fully saturated rings. The molecular formula is C32H43FN2O2. The molecule has 0 radical (unpaired) electrons. The zero-order valence-electron chi connectivity index (χ0n) is 22.6. The maximum absolute atomic E-state index is 13.8. The van der Waals surface area contributed by atoms with Crippen LogP contribution in [0.5, 0.6) is 11.5 Å². The summed E-state index contributed by atoms with van der Waals surface area (Å²) in [7, 11) is 0. The summed E-state index contributed by atoms with van der Waals surface area (Å²) < 4.78 is 25.3. The first kappa shape index (κ1) is 28.6. The molecule has 0 aliphatic rings. The van der Waals surface area contributed by atoms with Crippen LogP contribution in [0, 0.1) is 0 Å². The standard InChI is InChI=1S/C32H43FN2O2/c1-3-5-7-8-9-10-11-12-22-36-30-20-16-27(17-21-30)32-34-23-28(24-35-32)26-14-18-31(19-15-26)37-25-29(33)13-6-4-2/h14-21,23-24,29H,3-13,22,25H2,1-2H3. The highest BCUT2D eigenvalue weighted by Crippen LogP contribution is 2.24. The van der Waals surface area contributed by atoms with Gasteiger partial charge < -0.3 is 9.47 Å². The van der Waals surface area contributed by atoms with Crippen LogP contribution in [0.2, 0.25) is 0 Å². The fraction of sp³-hybridized carbons (Fsp3) is 0.500. The van der Waals surface area contributed by atoms with Gasteiger partial charge in [-0.05, 0) is 54.8 Å². The van der Waals surface area contributed by atoms with Gasteiger partial charge in [-0.25, -0.2) is 14.4 Å². The topological polar surface area (TPSA) is 44.2 Å². The summed E-state index contributed by atoms with van der Waals surface area (Å²) in [4.78, 5) is 9.11. The molecule has 1 atom stereocenters. The van der Waals surface area contributed by atoms with E-state index in [-0.39, 0.29) is 6.61 Å². The Labute approximate surface area is 222 Å². The van der Waals surface area contributed by atoms with Crippen molar-refractivity contribution in [2.45, 2.75) is 90.6 Å². The first-order chi connectivity index (χ1) is 18.2. The highest BCUT2D eigenvalue weighted by Gasteiger charge is 2.08. The van der Waals surface area contributed by atoms with E-state index in [2.05, 4.69) is 23.8 Å². The molecule has 0 N–H and O–H groups in total. The number of nitrogens with zero attached hydrogens (tertiary/aromatic N) is 2. The summed E-state index contributed by atoms with van der Waals surface area (Å²) in [5.74, 6) is 2.24. The lowest BCUT2D eigenvalue weighted by Gasteiger charge is -2.10. The Hall–Kier alpha value is -2.95. The van der Waals surface area contributed by atoms with Gasteiger partial charge in [-0.1, -0.05) is 83.8 Å². The molecule has 1 heterocycles. The lowest BCUT2D eigenvalue weighted by Crippen LogP contribution is -2.12. The van der Waals surface area contributed by atoms with Crippen molar-refractivity contribution >= 4 is 0 Å². The van der Waals surface area contributed by atoms with Crippen molar-refractivity contribution < 1.29 is 13.9 Å². The molecule has 37 heavy (non-hydrogen) atoms. The van der Waals surface area contributed by atoms with E-state index in [0.29, 0.717) is 18.0 Å². The zero-order chi connectivity index (χ0) is 26.1. The quantitative estimate of drug-likeness (QED) is 0.161. The molecule has 3 rings (SSSR count). The van der Waals surface area contributed by atoms with Crippen molar-refractivity contribution in [1.82, 2.24) is 9.97 Å². The van der Waals surface area contributed by atoms with Crippen LogP contribution < -0.4 is 9.47 Å². The van der Waals surface area contributed by atoms with Crippen LogP contribution >= 0.6 is 0 Å². The lowest BCUT2D eigenvalue weighted by atomic mass is 10.1. The molecule has 1 unspecified atom stereocenters. The van der Waals surface area contributed by atoms with E-state index >= 15 is 0 Å². The Kier molecular flexibility index (Phi) is 12.9. The molecule has 0 saturated carbocycles. The van der Waals surface area contributed by atoms with Crippen LogP contribution in [-0.2, 0) is 0 Å². The Morgan fingerprint density at radius 2 is 1.16 bits per heavy atom. The number of halogens is 1. The Bertz CT molecular complexity index is 991. The van der Waals surface area contributed by atoms with Crippen molar-refractivity contribution in [3.63, 3.8) is 0 Å². The summed E-state index contributed by atoms with van der Waals surface area (Å²) in [6, 6.07) is 15.6. The van der Waals surface area contributed by atoms with Gasteiger partial charge in [0.2, 0.25) is 0 Å². The lowest BCUT2D eigenvalue weighted by molar-refractivity contribution is 0.184. The summed E-state index contributed by atoms with van der Waals surface area (Å²) in [6.45, 7) is 5.18. The van der Waals surface area contributed by atoms with Gasteiger partial charge in [0, 0.05) is 23.5 Å². The van der Waals surface area contributed by atoms with Crippen LogP contribution in [0.3, 0.4) is 0 Å².